The number of esters is 1. The van der Waals surface area contributed by atoms with E-state index in [0.717, 1.165) is 0 Å². The molecule has 0 saturated carbocycles. The van der Waals surface area contributed by atoms with Gasteiger partial charge in [-0.25, -0.2) is 0 Å². The van der Waals surface area contributed by atoms with Crippen molar-refractivity contribution in [2.75, 3.05) is 19.7 Å². The molecule has 10 nitrogen and oxygen atoms in total. The average Bonchev–Trinajstić information content (AvgIpc) is 3.62. The lowest BCUT2D eigenvalue weighted by molar-refractivity contribution is -0.162. The molecule has 3 amide bonds. The van der Waals surface area contributed by atoms with E-state index in [0.29, 0.717) is 24.8 Å². The van der Waals surface area contributed by atoms with Crippen molar-refractivity contribution >= 4 is 39.6 Å². The van der Waals surface area contributed by atoms with Crippen LogP contribution in [0.2, 0.25) is 0 Å². The summed E-state index contributed by atoms with van der Waals surface area (Å²) in [5.41, 5.74) is -1.28. The number of hydrogen-bond acceptors (Lipinski definition) is 7. The highest BCUT2D eigenvalue weighted by molar-refractivity contribution is 9.09. The first-order chi connectivity index (χ1) is 23.0. The number of likely N-dealkylation sites (tertiary alicyclic amines) is 1. The minimum atomic E-state index is -1.28. The van der Waals surface area contributed by atoms with Crippen molar-refractivity contribution < 1.29 is 33.8 Å². The highest BCUT2D eigenvalue weighted by Gasteiger charge is 2.77. The number of fused-ring (bicyclic) bond motifs is 1. The molecule has 270 valence electrons. The molecule has 0 aliphatic carbocycles. The second-order valence-corrected chi connectivity index (χ2v) is 16.7. The number of nitrogens with zero attached hydrogens (tertiary/aromatic N) is 2. The lowest BCUT2D eigenvalue weighted by Crippen LogP contribution is -2.61. The molecule has 0 aromatic heterocycles. The Hall–Kier alpha value is -3.02. The third-order valence-electron chi connectivity index (χ3n) is 9.91. The first-order valence-electron chi connectivity index (χ1n) is 17.3. The van der Waals surface area contributed by atoms with Gasteiger partial charge in [0, 0.05) is 36.5 Å². The Bertz CT molecular complexity index is 1400. The van der Waals surface area contributed by atoms with E-state index < -0.39 is 53.2 Å². The number of carbonyl (C=O) groups is 4. The van der Waals surface area contributed by atoms with Crippen LogP contribution in [-0.2, 0) is 28.7 Å². The molecule has 8 atom stereocenters. The molecular formula is C38H54BrN3O7. The van der Waals surface area contributed by atoms with Crippen LogP contribution in [0, 0.1) is 17.3 Å². The molecule has 3 aliphatic rings. The van der Waals surface area contributed by atoms with Crippen LogP contribution in [-0.4, -0.2) is 92.4 Å². The second kappa shape index (κ2) is 15.5. The van der Waals surface area contributed by atoms with Crippen LogP contribution in [0.4, 0.5) is 0 Å². The Balaban J connectivity index is 1.72. The van der Waals surface area contributed by atoms with E-state index in [1.54, 1.807) is 24.0 Å². The van der Waals surface area contributed by atoms with Gasteiger partial charge in [-0.3, -0.25) is 19.2 Å². The number of ether oxygens (including phenoxy) is 2. The quantitative estimate of drug-likeness (QED) is 0.137. The molecule has 1 aromatic carbocycles. The van der Waals surface area contributed by atoms with Crippen LogP contribution in [0.15, 0.2) is 55.6 Å². The third-order valence-corrected chi connectivity index (χ3v) is 10.8. The van der Waals surface area contributed by atoms with Gasteiger partial charge in [0.15, 0.2) is 0 Å². The summed E-state index contributed by atoms with van der Waals surface area (Å²) in [4.78, 5) is 59.4. The zero-order valence-electron chi connectivity index (χ0n) is 29.8. The van der Waals surface area contributed by atoms with E-state index >= 15 is 0 Å². The smallest absolute Gasteiger partial charge is 0.313 e. The number of carbonyl (C=O) groups excluding carboxylic acids is 4. The summed E-state index contributed by atoms with van der Waals surface area (Å²) >= 11 is 3.74. The summed E-state index contributed by atoms with van der Waals surface area (Å²) < 4.78 is 13.0. The highest BCUT2D eigenvalue weighted by atomic mass is 79.9. The SMILES string of the molecule is C=CCCC(=O)N[C@@H](C)[C@H](OC(=O)[C@@H]1[C@H]2O[C@@]3(CC2Br)[C@H](C(=O)N(CC=C)C(C)(C)CC(C)(C)C)N(CCCO)C(=O)[C@@H]13)c1ccccc1. The normalized spacial score (nSPS) is 27.3. The Morgan fingerprint density at radius 2 is 1.86 bits per heavy atom. The number of rotatable bonds is 16. The van der Waals surface area contributed by atoms with E-state index in [1.165, 1.54) is 4.90 Å². The number of aliphatic hydroxyl groups is 1. The maximum absolute atomic E-state index is 14.9. The topological polar surface area (TPSA) is 125 Å². The number of halogens is 1. The summed E-state index contributed by atoms with van der Waals surface area (Å²) in [5, 5.41) is 12.7. The van der Waals surface area contributed by atoms with Crippen molar-refractivity contribution in [1.29, 1.82) is 0 Å². The van der Waals surface area contributed by atoms with Crippen LogP contribution in [0.5, 0.6) is 0 Å². The molecule has 3 aliphatic heterocycles. The van der Waals surface area contributed by atoms with Gasteiger partial charge in [0.1, 0.15) is 17.7 Å². The van der Waals surface area contributed by atoms with Crippen molar-refractivity contribution in [3.8, 4) is 0 Å². The average molecular weight is 745 g/mol. The standard InChI is InChI=1S/C38H54BrN3O7/c1-9-11-18-27(44)40-24(3)30(25-16-13-12-14-17-25)48-35(47)28-29-33(45)41(20-15-21-43)32(38(29)22-26(39)31(28)49-38)34(46)42(19-10-2)37(7,8)23-36(4,5)6/h9-10,12-14,16-17,24,26,28-32,43H,1-2,11,15,18-23H2,3-8H3,(H,40,44)/t24-,26?,28-,29+,30-,31-,32-,38+/m0/s1. The van der Waals surface area contributed by atoms with Gasteiger partial charge in [-0.2, -0.15) is 0 Å². The number of allylic oxidation sites excluding steroid dienone is 1. The van der Waals surface area contributed by atoms with E-state index in [9.17, 15) is 24.3 Å². The Kier molecular flexibility index (Phi) is 12.2. The number of hydrogen-bond donors (Lipinski definition) is 2. The first-order valence-corrected chi connectivity index (χ1v) is 18.3. The second-order valence-electron chi connectivity index (χ2n) is 15.5. The molecule has 2 bridgehead atoms. The highest BCUT2D eigenvalue weighted by Crippen LogP contribution is 2.60. The van der Waals surface area contributed by atoms with E-state index in [-0.39, 0.29) is 60.5 Å². The maximum atomic E-state index is 14.9. The monoisotopic (exact) mass is 743 g/mol. The fraction of sp³-hybridized carbons (Fsp3) is 0.632. The summed E-state index contributed by atoms with van der Waals surface area (Å²) in [5.74, 6) is -3.40. The van der Waals surface area contributed by atoms with Crippen LogP contribution in [0.1, 0.15) is 85.3 Å². The largest absolute Gasteiger partial charge is 0.455 e. The van der Waals surface area contributed by atoms with Gasteiger partial charge in [-0.05, 0) is 57.4 Å². The Morgan fingerprint density at radius 1 is 1.18 bits per heavy atom. The molecule has 3 heterocycles. The lowest BCUT2D eigenvalue weighted by Gasteiger charge is -2.45. The van der Waals surface area contributed by atoms with Crippen LogP contribution in [0.25, 0.3) is 0 Å². The molecule has 11 heteroatoms. The summed E-state index contributed by atoms with van der Waals surface area (Å²) in [7, 11) is 0. The maximum Gasteiger partial charge on any atom is 0.313 e. The van der Waals surface area contributed by atoms with Gasteiger partial charge in [-0.1, -0.05) is 79.2 Å². The van der Waals surface area contributed by atoms with Crippen molar-refractivity contribution in [3.63, 3.8) is 0 Å². The minimum absolute atomic E-state index is 0.0955. The molecule has 0 radical (unpaired) electrons. The summed E-state index contributed by atoms with van der Waals surface area (Å²) in [6.45, 7) is 20.0. The molecule has 49 heavy (non-hydrogen) atoms. The fourth-order valence-corrected chi connectivity index (χ4v) is 9.35. The number of amides is 3. The van der Waals surface area contributed by atoms with Crippen molar-refractivity contribution in [2.24, 2.45) is 17.3 Å². The molecule has 1 spiro atoms. The van der Waals surface area contributed by atoms with Gasteiger partial charge >= 0.3 is 5.97 Å². The predicted octanol–water partition coefficient (Wildman–Crippen LogP) is 5.10. The fourth-order valence-electron chi connectivity index (χ4n) is 8.41. The molecule has 2 N–H and O–H groups in total. The van der Waals surface area contributed by atoms with Crippen LogP contribution >= 0.6 is 15.9 Å². The summed E-state index contributed by atoms with van der Waals surface area (Å²) in [6, 6.07) is 7.59. The predicted molar refractivity (Wildman–Crippen MR) is 191 cm³/mol. The van der Waals surface area contributed by atoms with Crippen LogP contribution < -0.4 is 5.32 Å². The molecule has 3 saturated heterocycles. The zero-order valence-corrected chi connectivity index (χ0v) is 31.4. The van der Waals surface area contributed by atoms with E-state index in [1.807, 2.05) is 44.2 Å². The zero-order chi connectivity index (χ0) is 36.3. The Labute approximate surface area is 299 Å². The molecule has 4 rings (SSSR count). The lowest BCUT2D eigenvalue weighted by atomic mass is 9.70. The molecule has 1 aromatic rings. The third kappa shape index (κ3) is 7.99. The summed E-state index contributed by atoms with van der Waals surface area (Å²) in [6.07, 6.45) is 3.88. The van der Waals surface area contributed by atoms with Gasteiger partial charge in [-0.15, -0.1) is 13.2 Å². The van der Waals surface area contributed by atoms with Crippen LogP contribution in [0.3, 0.4) is 0 Å². The number of aliphatic hydroxyl groups excluding tert-OH is 1. The van der Waals surface area contributed by atoms with Crippen molar-refractivity contribution in [3.05, 3.63) is 61.2 Å². The molecule has 1 unspecified atom stereocenters. The van der Waals surface area contributed by atoms with E-state index in [2.05, 4.69) is 55.2 Å². The van der Waals surface area contributed by atoms with Gasteiger partial charge in [0.2, 0.25) is 17.7 Å². The van der Waals surface area contributed by atoms with Crippen molar-refractivity contribution in [2.45, 2.75) is 114 Å². The van der Waals surface area contributed by atoms with Gasteiger partial charge < -0.3 is 29.7 Å². The van der Waals surface area contributed by atoms with Gasteiger partial charge in [0.05, 0.1) is 24.0 Å². The number of benzene rings is 1. The minimum Gasteiger partial charge on any atom is -0.455 e. The van der Waals surface area contributed by atoms with E-state index in [4.69, 9.17) is 9.47 Å². The Morgan fingerprint density at radius 3 is 2.45 bits per heavy atom. The van der Waals surface area contributed by atoms with Crippen molar-refractivity contribution in [1.82, 2.24) is 15.1 Å². The number of nitrogens with one attached hydrogen (secondary N) is 1. The number of alkyl halides is 1. The molecule has 3 fully saturated rings. The first kappa shape index (κ1) is 38.8. The molecular weight excluding hydrogens is 690 g/mol. The van der Waals surface area contributed by atoms with Gasteiger partial charge in [0.25, 0.3) is 0 Å².